The van der Waals surface area contributed by atoms with Crippen LogP contribution in [-0.4, -0.2) is 6.61 Å². The summed E-state index contributed by atoms with van der Waals surface area (Å²) < 4.78 is 5.77. The van der Waals surface area contributed by atoms with E-state index < -0.39 is 0 Å². The van der Waals surface area contributed by atoms with Crippen molar-refractivity contribution in [2.75, 3.05) is 6.61 Å². The van der Waals surface area contributed by atoms with Crippen LogP contribution < -0.4 is 10.5 Å². The van der Waals surface area contributed by atoms with Crippen LogP contribution in [0.4, 0.5) is 0 Å². The molecular formula is C13H19NO. The van der Waals surface area contributed by atoms with Gasteiger partial charge in [0, 0.05) is 18.0 Å². The maximum absolute atomic E-state index is 6.08. The Morgan fingerprint density at radius 1 is 1.33 bits per heavy atom. The van der Waals surface area contributed by atoms with Gasteiger partial charge in [0.05, 0.1) is 6.61 Å². The lowest BCUT2D eigenvalue weighted by Gasteiger charge is -2.29. The second kappa shape index (κ2) is 3.53. The van der Waals surface area contributed by atoms with Gasteiger partial charge in [0.15, 0.2) is 0 Å². The van der Waals surface area contributed by atoms with E-state index in [4.69, 9.17) is 10.5 Å². The Morgan fingerprint density at radius 3 is 2.73 bits per heavy atom. The molecule has 82 valence electrons. The zero-order valence-corrected chi connectivity index (χ0v) is 9.71. The van der Waals surface area contributed by atoms with Gasteiger partial charge in [-0.05, 0) is 11.0 Å². The third-order valence-corrected chi connectivity index (χ3v) is 2.93. The number of hydrogen-bond donors (Lipinski definition) is 1. The first kappa shape index (κ1) is 10.5. The van der Waals surface area contributed by atoms with Crippen LogP contribution in [0, 0.1) is 0 Å². The largest absolute Gasteiger partial charge is 0.493 e. The minimum atomic E-state index is 0.113. The maximum atomic E-state index is 6.08. The molecule has 0 aliphatic carbocycles. The van der Waals surface area contributed by atoms with Crippen LogP contribution in [0.1, 0.15) is 44.4 Å². The zero-order chi connectivity index (χ0) is 11.1. The highest BCUT2D eigenvalue weighted by Crippen LogP contribution is 2.39. The molecule has 0 fully saturated rings. The van der Waals surface area contributed by atoms with Crippen LogP contribution in [0.15, 0.2) is 18.2 Å². The number of fused-ring (bicyclic) bond motifs is 1. The summed E-state index contributed by atoms with van der Waals surface area (Å²) in [6, 6.07) is 6.43. The van der Waals surface area contributed by atoms with Gasteiger partial charge in [-0.3, -0.25) is 0 Å². The lowest BCUT2D eigenvalue weighted by Crippen LogP contribution is -2.24. The van der Waals surface area contributed by atoms with Crippen LogP contribution in [-0.2, 0) is 5.41 Å². The first-order chi connectivity index (χ1) is 7.00. The van der Waals surface area contributed by atoms with Crippen molar-refractivity contribution >= 4 is 0 Å². The molecule has 0 amide bonds. The van der Waals surface area contributed by atoms with Crippen LogP contribution in [0.5, 0.6) is 5.75 Å². The summed E-state index contributed by atoms with van der Waals surface area (Å²) in [5, 5.41) is 0. The molecule has 2 rings (SSSR count). The van der Waals surface area contributed by atoms with Gasteiger partial charge in [0.25, 0.3) is 0 Å². The molecule has 1 unspecified atom stereocenters. The Morgan fingerprint density at radius 2 is 2.07 bits per heavy atom. The lowest BCUT2D eigenvalue weighted by molar-refractivity contribution is 0.262. The molecule has 1 aliphatic heterocycles. The lowest BCUT2D eigenvalue weighted by atomic mass is 9.83. The molecular weight excluding hydrogens is 186 g/mol. The predicted octanol–water partition coefficient (Wildman–Crippen LogP) is 2.77. The van der Waals surface area contributed by atoms with Crippen molar-refractivity contribution in [1.29, 1.82) is 0 Å². The summed E-state index contributed by atoms with van der Waals surface area (Å²) in [6.45, 7) is 7.34. The summed E-state index contributed by atoms with van der Waals surface area (Å²) in [5.74, 6) is 1.02. The minimum absolute atomic E-state index is 0.113. The number of nitrogens with two attached hydrogens (primary N) is 1. The van der Waals surface area contributed by atoms with E-state index in [0.717, 1.165) is 24.3 Å². The molecule has 1 aliphatic rings. The Hall–Kier alpha value is -1.02. The number of benzene rings is 1. The van der Waals surface area contributed by atoms with Crippen molar-refractivity contribution in [2.24, 2.45) is 5.73 Å². The molecule has 0 bridgehead atoms. The molecule has 1 heterocycles. The summed E-state index contributed by atoms with van der Waals surface area (Å²) in [4.78, 5) is 0. The maximum Gasteiger partial charge on any atom is 0.127 e. The summed E-state index contributed by atoms with van der Waals surface area (Å²) in [5.41, 5.74) is 8.61. The van der Waals surface area contributed by atoms with E-state index in [1.54, 1.807) is 0 Å². The van der Waals surface area contributed by atoms with E-state index in [9.17, 15) is 0 Å². The number of para-hydroxylation sites is 1. The van der Waals surface area contributed by atoms with E-state index in [0.29, 0.717) is 0 Å². The SMILES string of the molecule is CC(C)(C)c1cccc2c1OCCC2N. The molecule has 1 aromatic rings. The van der Waals surface area contributed by atoms with Gasteiger partial charge in [-0.1, -0.05) is 39.0 Å². The van der Waals surface area contributed by atoms with E-state index in [-0.39, 0.29) is 11.5 Å². The molecule has 0 radical (unpaired) electrons. The summed E-state index contributed by atoms with van der Waals surface area (Å²) in [7, 11) is 0. The van der Waals surface area contributed by atoms with Crippen molar-refractivity contribution in [3.63, 3.8) is 0 Å². The monoisotopic (exact) mass is 205 g/mol. The summed E-state index contributed by atoms with van der Waals surface area (Å²) in [6.07, 6.45) is 0.917. The Balaban J connectivity index is 2.54. The van der Waals surface area contributed by atoms with Crippen LogP contribution in [0.3, 0.4) is 0 Å². The van der Waals surface area contributed by atoms with Gasteiger partial charge in [-0.2, -0.15) is 0 Å². The quantitative estimate of drug-likeness (QED) is 0.707. The molecule has 15 heavy (non-hydrogen) atoms. The van der Waals surface area contributed by atoms with Gasteiger partial charge in [0.2, 0.25) is 0 Å². The standard InChI is InChI=1S/C13H19NO/c1-13(2,3)10-6-4-5-9-11(14)7-8-15-12(9)10/h4-6,11H,7-8,14H2,1-3H3. The molecule has 2 N–H and O–H groups in total. The van der Waals surface area contributed by atoms with E-state index in [1.165, 1.54) is 5.56 Å². The van der Waals surface area contributed by atoms with Gasteiger partial charge in [-0.15, -0.1) is 0 Å². The Labute approximate surface area is 91.4 Å². The third-order valence-electron chi connectivity index (χ3n) is 2.93. The zero-order valence-electron chi connectivity index (χ0n) is 9.71. The molecule has 2 nitrogen and oxygen atoms in total. The topological polar surface area (TPSA) is 35.2 Å². The van der Waals surface area contributed by atoms with Gasteiger partial charge >= 0.3 is 0 Å². The molecule has 0 saturated heterocycles. The molecule has 1 atom stereocenters. The Kier molecular flexibility index (Phi) is 2.47. The number of hydrogen-bond acceptors (Lipinski definition) is 2. The molecule has 2 heteroatoms. The molecule has 0 spiro atoms. The van der Waals surface area contributed by atoms with Crippen molar-refractivity contribution in [3.05, 3.63) is 29.3 Å². The predicted molar refractivity (Wildman–Crippen MR) is 62.2 cm³/mol. The average Bonchev–Trinajstić information content (AvgIpc) is 2.16. The highest BCUT2D eigenvalue weighted by atomic mass is 16.5. The smallest absolute Gasteiger partial charge is 0.127 e. The highest BCUT2D eigenvalue weighted by molar-refractivity contribution is 5.47. The van der Waals surface area contributed by atoms with Crippen molar-refractivity contribution in [2.45, 2.75) is 38.6 Å². The fraction of sp³-hybridized carbons (Fsp3) is 0.538. The van der Waals surface area contributed by atoms with E-state index in [1.807, 2.05) is 0 Å². The first-order valence-corrected chi connectivity index (χ1v) is 5.52. The van der Waals surface area contributed by atoms with Crippen molar-refractivity contribution in [1.82, 2.24) is 0 Å². The second-order valence-electron chi connectivity index (χ2n) is 5.22. The van der Waals surface area contributed by atoms with Crippen LogP contribution in [0.25, 0.3) is 0 Å². The van der Waals surface area contributed by atoms with E-state index >= 15 is 0 Å². The van der Waals surface area contributed by atoms with Gasteiger partial charge in [-0.25, -0.2) is 0 Å². The first-order valence-electron chi connectivity index (χ1n) is 5.52. The highest BCUT2D eigenvalue weighted by Gasteiger charge is 2.25. The fourth-order valence-electron chi connectivity index (χ4n) is 2.04. The molecule has 0 saturated carbocycles. The number of rotatable bonds is 0. The normalized spacial score (nSPS) is 20.7. The van der Waals surface area contributed by atoms with Crippen LogP contribution in [0.2, 0.25) is 0 Å². The van der Waals surface area contributed by atoms with E-state index in [2.05, 4.69) is 39.0 Å². The minimum Gasteiger partial charge on any atom is -0.493 e. The van der Waals surface area contributed by atoms with Gasteiger partial charge < -0.3 is 10.5 Å². The van der Waals surface area contributed by atoms with Gasteiger partial charge in [0.1, 0.15) is 5.75 Å². The third kappa shape index (κ3) is 1.86. The molecule has 0 aromatic heterocycles. The average molecular weight is 205 g/mol. The fourth-order valence-corrected chi connectivity index (χ4v) is 2.04. The van der Waals surface area contributed by atoms with Crippen molar-refractivity contribution in [3.8, 4) is 5.75 Å². The Bertz CT molecular complexity index is 365. The summed E-state index contributed by atoms with van der Waals surface area (Å²) >= 11 is 0. The van der Waals surface area contributed by atoms with Crippen LogP contribution >= 0.6 is 0 Å². The number of ether oxygens (including phenoxy) is 1. The van der Waals surface area contributed by atoms with Crippen molar-refractivity contribution < 1.29 is 4.74 Å². The second-order valence-corrected chi connectivity index (χ2v) is 5.22. The molecule has 1 aromatic carbocycles.